The monoisotopic (exact) mass is 430 g/mol. The van der Waals surface area contributed by atoms with Gasteiger partial charge in [0.2, 0.25) is 0 Å². The summed E-state index contributed by atoms with van der Waals surface area (Å²) in [5.74, 6) is 0.844. The second-order valence-corrected chi connectivity index (χ2v) is 6.55. The summed E-state index contributed by atoms with van der Waals surface area (Å²) >= 11 is 0. The Morgan fingerprint density at radius 1 is 0.667 bits per heavy atom. The van der Waals surface area contributed by atoms with Gasteiger partial charge in [0, 0.05) is 7.11 Å². The number of rotatable bonds is 20. The fourth-order valence-corrected chi connectivity index (χ4v) is 2.60. The Morgan fingerprint density at radius 3 is 1.80 bits per heavy atom. The summed E-state index contributed by atoms with van der Waals surface area (Å²) in [6, 6.07) is 4.03. The molecule has 0 heterocycles. The molecule has 0 atom stereocenters. The number of aliphatic hydroxyl groups is 1. The summed E-state index contributed by atoms with van der Waals surface area (Å²) in [4.78, 5) is 0. The van der Waals surface area contributed by atoms with Crippen LogP contribution in [-0.2, 0) is 35.0 Å². The van der Waals surface area contributed by atoms with Gasteiger partial charge in [0.05, 0.1) is 79.3 Å². The Bertz CT molecular complexity index is 538. The Labute approximate surface area is 180 Å². The molecule has 0 amide bonds. The van der Waals surface area contributed by atoms with Gasteiger partial charge in [-0.15, -0.1) is 0 Å². The highest BCUT2D eigenvalue weighted by Crippen LogP contribution is 2.25. The van der Waals surface area contributed by atoms with Crippen LogP contribution >= 0.6 is 0 Å². The van der Waals surface area contributed by atoms with E-state index in [1.807, 2.05) is 19.1 Å². The maximum Gasteiger partial charge on any atom is 0.122 e. The van der Waals surface area contributed by atoms with E-state index in [2.05, 4.69) is 6.92 Å². The molecule has 0 aromatic heterocycles. The number of ether oxygens (including phenoxy) is 7. The van der Waals surface area contributed by atoms with Gasteiger partial charge < -0.3 is 38.3 Å². The SMILES string of the molecule is COCCOCCOCCOc1ccc(C)c(COCCOCCOCCO)c1C. The van der Waals surface area contributed by atoms with Crippen molar-refractivity contribution in [3.8, 4) is 5.75 Å². The predicted molar refractivity (Wildman–Crippen MR) is 113 cm³/mol. The van der Waals surface area contributed by atoms with Gasteiger partial charge >= 0.3 is 0 Å². The van der Waals surface area contributed by atoms with Crippen LogP contribution < -0.4 is 4.74 Å². The lowest BCUT2D eigenvalue weighted by atomic mass is 10.0. The van der Waals surface area contributed by atoms with Crippen LogP contribution in [0.2, 0.25) is 0 Å². The minimum atomic E-state index is 0.0297. The number of benzene rings is 1. The normalized spacial score (nSPS) is 11.2. The minimum Gasteiger partial charge on any atom is -0.491 e. The van der Waals surface area contributed by atoms with Crippen LogP contribution in [0.3, 0.4) is 0 Å². The van der Waals surface area contributed by atoms with E-state index in [0.717, 1.165) is 16.9 Å². The molecule has 1 N–H and O–H groups in total. The molecule has 0 bridgehead atoms. The maximum atomic E-state index is 8.62. The molecule has 0 saturated carbocycles. The third kappa shape index (κ3) is 12.4. The van der Waals surface area contributed by atoms with Crippen molar-refractivity contribution < 1.29 is 38.3 Å². The van der Waals surface area contributed by atoms with Crippen molar-refractivity contribution in [3.05, 3.63) is 28.8 Å². The second kappa shape index (κ2) is 18.5. The van der Waals surface area contributed by atoms with Crippen molar-refractivity contribution in [2.24, 2.45) is 0 Å². The number of aliphatic hydroxyl groups excluding tert-OH is 1. The van der Waals surface area contributed by atoms with Gasteiger partial charge in [-0.2, -0.15) is 0 Å². The second-order valence-electron chi connectivity index (χ2n) is 6.55. The van der Waals surface area contributed by atoms with Crippen molar-refractivity contribution in [1.82, 2.24) is 0 Å². The van der Waals surface area contributed by atoms with Gasteiger partial charge in [-0.3, -0.25) is 0 Å². The van der Waals surface area contributed by atoms with E-state index >= 15 is 0 Å². The van der Waals surface area contributed by atoms with Gasteiger partial charge in [0.25, 0.3) is 0 Å². The van der Waals surface area contributed by atoms with E-state index in [4.69, 9.17) is 38.3 Å². The summed E-state index contributed by atoms with van der Waals surface area (Å²) in [7, 11) is 1.65. The first kappa shape index (κ1) is 26.8. The van der Waals surface area contributed by atoms with Crippen LogP contribution in [0.25, 0.3) is 0 Å². The molecule has 0 fully saturated rings. The maximum absolute atomic E-state index is 8.62. The molecular formula is C22H38O8. The highest BCUT2D eigenvalue weighted by atomic mass is 16.6. The van der Waals surface area contributed by atoms with E-state index in [1.54, 1.807) is 7.11 Å². The first-order valence-electron chi connectivity index (χ1n) is 10.4. The Hall–Kier alpha value is -1.26. The van der Waals surface area contributed by atoms with E-state index in [1.165, 1.54) is 5.56 Å². The molecule has 0 aliphatic heterocycles. The van der Waals surface area contributed by atoms with Crippen LogP contribution in [0.1, 0.15) is 16.7 Å². The third-order valence-corrected chi connectivity index (χ3v) is 4.30. The first-order valence-corrected chi connectivity index (χ1v) is 10.4. The number of hydrogen-bond acceptors (Lipinski definition) is 8. The quantitative estimate of drug-likeness (QED) is 0.314. The highest BCUT2D eigenvalue weighted by Gasteiger charge is 2.09. The Kier molecular flexibility index (Phi) is 16.5. The molecule has 8 nitrogen and oxygen atoms in total. The molecule has 8 heteroatoms. The molecule has 0 unspecified atom stereocenters. The zero-order chi connectivity index (χ0) is 21.9. The molecule has 1 rings (SSSR count). The summed E-state index contributed by atoms with van der Waals surface area (Å²) < 4.78 is 37.9. The van der Waals surface area contributed by atoms with Gasteiger partial charge in [-0.05, 0) is 36.6 Å². The number of methoxy groups -OCH3 is 1. The van der Waals surface area contributed by atoms with Crippen molar-refractivity contribution in [3.63, 3.8) is 0 Å². The molecule has 1 aromatic rings. The van der Waals surface area contributed by atoms with Gasteiger partial charge in [0.1, 0.15) is 12.4 Å². The van der Waals surface area contributed by atoms with E-state index < -0.39 is 0 Å². The largest absolute Gasteiger partial charge is 0.491 e. The predicted octanol–water partition coefficient (Wildman–Crippen LogP) is 1.90. The Balaban J connectivity index is 2.21. The average Bonchev–Trinajstić information content (AvgIpc) is 2.74. The topological polar surface area (TPSA) is 84.8 Å². The van der Waals surface area contributed by atoms with Crippen LogP contribution in [0.4, 0.5) is 0 Å². The van der Waals surface area contributed by atoms with Crippen LogP contribution in [0.15, 0.2) is 12.1 Å². The molecule has 0 spiro atoms. The summed E-state index contributed by atoms with van der Waals surface area (Å²) in [6.07, 6.45) is 0. The number of hydrogen-bond donors (Lipinski definition) is 1. The standard InChI is InChI=1S/C22H38O8/c1-19-4-5-22(30-17-16-28-13-12-26-9-8-24-3)20(2)21(19)18-29-15-14-27-11-10-25-7-6-23/h4-5,23H,6-18H2,1-3H3. The van der Waals surface area contributed by atoms with Gasteiger partial charge in [-0.25, -0.2) is 0 Å². The fraction of sp³-hybridized carbons (Fsp3) is 0.727. The summed E-state index contributed by atoms with van der Waals surface area (Å²) in [5, 5.41) is 8.62. The van der Waals surface area contributed by atoms with Gasteiger partial charge in [0.15, 0.2) is 0 Å². The lowest BCUT2D eigenvalue weighted by molar-refractivity contribution is 0.00432. The fourth-order valence-electron chi connectivity index (χ4n) is 2.60. The lowest BCUT2D eigenvalue weighted by Gasteiger charge is -2.16. The zero-order valence-corrected chi connectivity index (χ0v) is 18.7. The average molecular weight is 431 g/mol. The van der Waals surface area contributed by atoms with Crippen LogP contribution in [0, 0.1) is 13.8 Å². The molecule has 174 valence electrons. The zero-order valence-electron chi connectivity index (χ0n) is 18.7. The molecule has 30 heavy (non-hydrogen) atoms. The molecular weight excluding hydrogens is 392 g/mol. The van der Waals surface area contributed by atoms with E-state index in [0.29, 0.717) is 79.3 Å². The van der Waals surface area contributed by atoms with E-state index in [9.17, 15) is 0 Å². The van der Waals surface area contributed by atoms with Gasteiger partial charge in [-0.1, -0.05) is 6.07 Å². The molecule has 1 aromatic carbocycles. The molecule has 0 aliphatic carbocycles. The van der Waals surface area contributed by atoms with Crippen LogP contribution in [0.5, 0.6) is 5.75 Å². The summed E-state index contributed by atoms with van der Waals surface area (Å²) in [6.45, 7) is 10.2. The van der Waals surface area contributed by atoms with E-state index in [-0.39, 0.29) is 6.61 Å². The third-order valence-electron chi connectivity index (χ3n) is 4.30. The number of aryl methyl sites for hydroxylation is 1. The molecule has 0 aliphatic rings. The molecule has 0 saturated heterocycles. The van der Waals surface area contributed by atoms with Crippen molar-refractivity contribution in [2.75, 3.05) is 86.4 Å². The smallest absolute Gasteiger partial charge is 0.122 e. The van der Waals surface area contributed by atoms with Crippen LogP contribution in [-0.4, -0.2) is 91.5 Å². The van der Waals surface area contributed by atoms with Crippen molar-refractivity contribution in [1.29, 1.82) is 0 Å². The minimum absolute atomic E-state index is 0.0297. The van der Waals surface area contributed by atoms with Crippen molar-refractivity contribution in [2.45, 2.75) is 20.5 Å². The molecule has 0 radical (unpaired) electrons. The Morgan fingerprint density at radius 2 is 1.20 bits per heavy atom. The van der Waals surface area contributed by atoms with Crippen molar-refractivity contribution >= 4 is 0 Å². The lowest BCUT2D eigenvalue weighted by Crippen LogP contribution is -2.13. The highest BCUT2D eigenvalue weighted by molar-refractivity contribution is 5.43. The first-order chi connectivity index (χ1) is 14.7. The summed E-state index contributed by atoms with van der Waals surface area (Å²) in [5.41, 5.74) is 3.38.